The van der Waals surface area contributed by atoms with Gasteiger partial charge in [-0.05, 0) is 75.5 Å². The number of hydrogen-bond acceptors (Lipinski definition) is 4. The molecule has 0 saturated heterocycles. The Morgan fingerprint density at radius 2 is 2.00 bits per heavy atom. The summed E-state index contributed by atoms with van der Waals surface area (Å²) >= 11 is 0. The number of pyridine rings is 1. The first-order valence-corrected chi connectivity index (χ1v) is 10.2. The van der Waals surface area contributed by atoms with Crippen LogP contribution < -0.4 is 10.1 Å². The molecule has 2 heterocycles. The molecular formula is C25H30N4O2. The third kappa shape index (κ3) is 4.86. The number of nitrogens with one attached hydrogen (secondary N) is 1. The molecule has 0 spiro atoms. The lowest BCUT2D eigenvalue weighted by Crippen LogP contribution is -2.31. The molecule has 3 rings (SSSR count). The third-order valence-electron chi connectivity index (χ3n) is 5.15. The highest BCUT2D eigenvalue weighted by Crippen LogP contribution is 2.36. The molecule has 6 nitrogen and oxygen atoms in total. The maximum absolute atomic E-state index is 12.6. The van der Waals surface area contributed by atoms with E-state index in [0.29, 0.717) is 17.9 Å². The van der Waals surface area contributed by atoms with Gasteiger partial charge < -0.3 is 19.5 Å². The van der Waals surface area contributed by atoms with Crippen molar-refractivity contribution in [3.05, 3.63) is 72.2 Å². The first kappa shape index (κ1) is 22.3. The molecule has 6 heteroatoms. The van der Waals surface area contributed by atoms with Gasteiger partial charge in [-0.15, -0.1) is 0 Å². The maximum atomic E-state index is 12.6. The van der Waals surface area contributed by atoms with Crippen LogP contribution in [-0.4, -0.2) is 54.7 Å². The Morgan fingerprint density at radius 1 is 1.23 bits per heavy atom. The Bertz CT molecular complexity index is 1100. The van der Waals surface area contributed by atoms with Crippen molar-refractivity contribution in [3.8, 4) is 22.7 Å². The number of aryl methyl sites for hydroxylation is 1. The van der Waals surface area contributed by atoms with Crippen LogP contribution in [0.15, 0.2) is 55.4 Å². The minimum atomic E-state index is -0.118. The number of allylic oxidation sites excluding steroid dienone is 1. The highest BCUT2D eigenvalue weighted by Gasteiger charge is 2.18. The predicted molar refractivity (Wildman–Crippen MR) is 126 cm³/mol. The quantitative estimate of drug-likeness (QED) is 0.596. The van der Waals surface area contributed by atoms with Gasteiger partial charge in [-0.1, -0.05) is 6.58 Å². The number of ether oxygens (including phenoxy) is 1. The highest BCUT2D eigenvalue weighted by molar-refractivity contribution is 5.95. The van der Waals surface area contributed by atoms with E-state index in [4.69, 9.17) is 4.74 Å². The van der Waals surface area contributed by atoms with Crippen LogP contribution in [0.5, 0.6) is 5.75 Å². The summed E-state index contributed by atoms with van der Waals surface area (Å²) in [6.45, 7) is 9.55. The van der Waals surface area contributed by atoms with E-state index in [2.05, 4.69) is 28.4 Å². The monoisotopic (exact) mass is 418 g/mol. The molecule has 0 atom stereocenters. The van der Waals surface area contributed by atoms with Gasteiger partial charge in [-0.25, -0.2) is 0 Å². The lowest BCUT2D eigenvalue weighted by Gasteiger charge is -2.18. The predicted octanol–water partition coefficient (Wildman–Crippen LogP) is 4.18. The Hall–Kier alpha value is -3.38. The number of nitrogens with zero attached hydrogens (tertiary/aromatic N) is 3. The number of amides is 1. The van der Waals surface area contributed by atoms with Crippen LogP contribution in [0, 0.1) is 6.92 Å². The standard InChI is InChI=1S/C25H30N4O2/c1-17(2)21-9-10-22(29(21)23-16-26-12-11-18(23)3)20-8-7-19(15-24(20)31-6)25(30)27-13-14-28(4)5/h7-12,15-16H,1,13-14H2,2-6H3,(H,27,30). The lowest BCUT2D eigenvalue weighted by molar-refractivity contribution is 0.0950. The Balaban J connectivity index is 2.05. The van der Waals surface area contributed by atoms with E-state index in [-0.39, 0.29) is 5.91 Å². The molecule has 0 unspecified atom stereocenters. The van der Waals surface area contributed by atoms with Crippen molar-refractivity contribution in [2.75, 3.05) is 34.3 Å². The highest BCUT2D eigenvalue weighted by atomic mass is 16.5. The first-order valence-electron chi connectivity index (χ1n) is 10.2. The number of methoxy groups -OCH3 is 1. The van der Waals surface area contributed by atoms with Crippen molar-refractivity contribution >= 4 is 11.5 Å². The zero-order valence-electron chi connectivity index (χ0n) is 18.9. The summed E-state index contributed by atoms with van der Waals surface area (Å²) in [6, 6.07) is 11.6. The van der Waals surface area contributed by atoms with Gasteiger partial charge in [0, 0.05) is 36.1 Å². The number of carbonyl (C=O) groups excluding carboxylic acids is 1. The van der Waals surface area contributed by atoms with Crippen LogP contribution in [-0.2, 0) is 0 Å². The lowest BCUT2D eigenvalue weighted by atomic mass is 10.1. The van der Waals surface area contributed by atoms with Crippen LogP contribution in [0.1, 0.15) is 28.5 Å². The number of carbonyl (C=O) groups is 1. The smallest absolute Gasteiger partial charge is 0.251 e. The number of likely N-dealkylation sites (N-methyl/N-ethyl adjacent to an activating group) is 1. The summed E-state index contributed by atoms with van der Waals surface area (Å²) in [5, 5.41) is 2.94. The molecule has 162 valence electrons. The third-order valence-corrected chi connectivity index (χ3v) is 5.15. The van der Waals surface area contributed by atoms with Gasteiger partial charge >= 0.3 is 0 Å². The van der Waals surface area contributed by atoms with Gasteiger partial charge in [0.05, 0.1) is 24.7 Å². The van der Waals surface area contributed by atoms with Crippen LogP contribution in [0.2, 0.25) is 0 Å². The Morgan fingerprint density at radius 3 is 2.65 bits per heavy atom. The molecule has 0 fully saturated rings. The first-order chi connectivity index (χ1) is 14.8. The summed E-state index contributed by atoms with van der Waals surface area (Å²) in [7, 11) is 5.57. The van der Waals surface area contributed by atoms with Gasteiger partial charge in [-0.2, -0.15) is 0 Å². The summed E-state index contributed by atoms with van der Waals surface area (Å²) in [5.74, 6) is 0.516. The molecule has 0 radical (unpaired) electrons. The largest absolute Gasteiger partial charge is 0.496 e. The molecule has 0 aliphatic rings. The van der Waals surface area contributed by atoms with E-state index < -0.39 is 0 Å². The molecule has 2 aromatic heterocycles. The van der Waals surface area contributed by atoms with Gasteiger partial charge in [0.2, 0.25) is 0 Å². The SMILES string of the molecule is C=C(C)c1ccc(-c2ccc(C(=O)NCCN(C)C)cc2OC)n1-c1cnccc1C. The molecule has 31 heavy (non-hydrogen) atoms. The molecule has 0 bridgehead atoms. The molecule has 0 aliphatic carbocycles. The second-order valence-electron chi connectivity index (χ2n) is 7.86. The number of benzene rings is 1. The molecule has 1 aromatic carbocycles. The molecule has 1 amide bonds. The minimum Gasteiger partial charge on any atom is -0.496 e. The fraction of sp³-hybridized carbons (Fsp3) is 0.280. The van der Waals surface area contributed by atoms with Crippen molar-refractivity contribution in [1.29, 1.82) is 0 Å². The van der Waals surface area contributed by atoms with Gasteiger partial charge in [0.1, 0.15) is 5.75 Å². The van der Waals surface area contributed by atoms with Gasteiger partial charge in [0.25, 0.3) is 5.91 Å². The number of hydrogen-bond donors (Lipinski definition) is 1. The van der Waals surface area contributed by atoms with Crippen LogP contribution >= 0.6 is 0 Å². The van der Waals surface area contributed by atoms with Crippen LogP contribution in [0.4, 0.5) is 0 Å². The average Bonchev–Trinajstić information content (AvgIpc) is 3.18. The van der Waals surface area contributed by atoms with Crippen molar-refractivity contribution in [3.63, 3.8) is 0 Å². The zero-order valence-corrected chi connectivity index (χ0v) is 18.9. The molecular weight excluding hydrogens is 388 g/mol. The summed E-state index contributed by atoms with van der Waals surface area (Å²) in [5.41, 5.74) is 6.44. The number of aromatic nitrogens is 2. The van der Waals surface area contributed by atoms with Crippen LogP contribution in [0.3, 0.4) is 0 Å². The second kappa shape index (κ2) is 9.62. The fourth-order valence-corrected chi connectivity index (χ4v) is 3.47. The van der Waals surface area contributed by atoms with E-state index in [0.717, 1.165) is 40.3 Å². The summed E-state index contributed by atoms with van der Waals surface area (Å²) < 4.78 is 7.82. The Kier molecular flexibility index (Phi) is 6.92. The van der Waals surface area contributed by atoms with E-state index in [1.807, 2.05) is 62.4 Å². The summed E-state index contributed by atoms with van der Waals surface area (Å²) in [6.07, 6.45) is 3.64. The van der Waals surface area contributed by atoms with Crippen molar-refractivity contribution in [1.82, 2.24) is 19.8 Å². The van der Waals surface area contributed by atoms with E-state index in [1.54, 1.807) is 19.4 Å². The normalized spacial score (nSPS) is 10.9. The van der Waals surface area contributed by atoms with Gasteiger partial charge in [-0.3, -0.25) is 9.78 Å². The molecule has 0 saturated carbocycles. The van der Waals surface area contributed by atoms with E-state index in [9.17, 15) is 4.79 Å². The van der Waals surface area contributed by atoms with E-state index in [1.165, 1.54) is 0 Å². The molecule has 1 N–H and O–H groups in total. The zero-order chi connectivity index (χ0) is 22.5. The summed E-state index contributed by atoms with van der Waals surface area (Å²) in [4.78, 5) is 18.9. The Labute approximate surface area is 184 Å². The molecule has 0 aliphatic heterocycles. The van der Waals surface area contributed by atoms with Crippen molar-refractivity contribution in [2.24, 2.45) is 0 Å². The maximum Gasteiger partial charge on any atom is 0.251 e. The molecule has 3 aromatic rings. The van der Waals surface area contributed by atoms with Crippen molar-refractivity contribution in [2.45, 2.75) is 13.8 Å². The fourth-order valence-electron chi connectivity index (χ4n) is 3.47. The van der Waals surface area contributed by atoms with E-state index >= 15 is 0 Å². The average molecular weight is 419 g/mol. The van der Waals surface area contributed by atoms with Crippen molar-refractivity contribution < 1.29 is 9.53 Å². The van der Waals surface area contributed by atoms with Gasteiger partial charge in [0.15, 0.2) is 0 Å². The minimum absolute atomic E-state index is 0.118. The van der Waals surface area contributed by atoms with Crippen LogP contribution in [0.25, 0.3) is 22.5 Å². The second-order valence-corrected chi connectivity index (χ2v) is 7.86. The topological polar surface area (TPSA) is 59.4 Å². The number of rotatable bonds is 8.